The van der Waals surface area contributed by atoms with Gasteiger partial charge in [0.2, 0.25) is 0 Å². The van der Waals surface area contributed by atoms with E-state index in [1.807, 2.05) is 12.3 Å². The van der Waals surface area contributed by atoms with Crippen LogP contribution in [-0.2, 0) is 0 Å². The summed E-state index contributed by atoms with van der Waals surface area (Å²) in [7, 11) is 0. The lowest BCUT2D eigenvalue weighted by Crippen LogP contribution is -2.33. The Kier molecular flexibility index (Phi) is 5.03. The zero-order chi connectivity index (χ0) is 10.7. The summed E-state index contributed by atoms with van der Waals surface area (Å²) in [5.41, 5.74) is 7.12. The lowest BCUT2D eigenvalue weighted by atomic mass is 9.92. The summed E-state index contributed by atoms with van der Waals surface area (Å²) >= 11 is 0. The Hall–Kier alpha value is -0.800. The van der Waals surface area contributed by atoms with Gasteiger partial charge in [-0.2, -0.15) is 0 Å². The summed E-state index contributed by atoms with van der Waals surface area (Å²) in [6, 6.07) is 5.07. The molecule has 0 spiro atoms. The fraction of sp³-hybridized carbons (Fsp3) is 0.583. The van der Waals surface area contributed by atoms with Gasteiger partial charge < -0.3 is 11.1 Å². The number of nitrogens with zero attached hydrogens (tertiary/aromatic N) is 1. The molecule has 0 aliphatic heterocycles. The third-order valence-electron chi connectivity index (χ3n) is 3.04. The van der Waals surface area contributed by atoms with Gasteiger partial charge in [0.15, 0.2) is 0 Å². The van der Waals surface area contributed by atoms with Crippen LogP contribution < -0.4 is 11.1 Å². The van der Waals surface area contributed by atoms with Crippen molar-refractivity contribution in [2.45, 2.75) is 44.7 Å². The molecule has 3 N–H and O–H groups in total. The number of hydrogen-bond acceptors (Lipinski definition) is 3. The molecule has 0 amide bonds. The highest BCUT2D eigenvalue weighted by Crippen LogP contribution is 2.20. The second-order valence-electron chi connectivity index (χ2n) is 4.47. The molecule has 4 heteroatoms. The Balaban J connectivity index is 0.00000128. The van der Waals surface area contributed by atoms with E-state index >= 15 is 0 Å². The van der Waals surface area contributed by atoms with Crippen LogP contribution in [0.4, 0.5) is 5.82 Å². The molecule has 90 valence electrons. The first-order valence-electron chi connectivity index (χ1n) is 5.69. The Morgan fingerprint density at radius 3 is 2.62 bits per heavy atom. The molecule has 1 aliphatic rings. The van der Waals surface area contributed by atoms with Gasteiger partial charge in [-0.1, -0.05) is 0 Å². The summed E-state index contributed by atoms with van der Waals surface area (Å²) in [4.78, 5) is 4.31. The molecule has 16 heavy (non-hydrogen) atoms. The monoisotopic (exact) mass is 241 g/mol. The van der Waals surface area contributed by atoms with E-state index in [1.165, 1.54) is 5.56 Å². The van der Waals surface area contributed by atoms with Crippen molar-refractivity contribution in [1.29, 1.82) is 0 Å². The number of halogens is 1. The van der Waals surface area contributed by atoms with Gasteiger partial charge in [0, 0.05) is 18.3 Å². The van der Waals surface area contributed by atoms with Gasteiger partial charge in [0.1, 0.15) is 5.82 Å². The number of pyridine rings is 1. The van der Waals surface area contributed by atoms with Crippen molar-refractivity contribution in [3.05, 3.63) is 23.9 Å². The summed E-state index contributed by atoms with van der Waals surface area (Å²) in [6.45, 7) is 2.09. The summed E-state index contributed by atoms with van der Waals surface area (Å²) in [5.74, 6) is 0.996. The van der Waals surface area contributed by atoms with Gasteiger partial charge in [-0.3, -0.25) is 0 Å². The Labute approximate surface area is 103 Å². The first kappa shape index (κ1) is 13.3. The van der Waals surface area contributed by atoms with Crippen LogP contribution in [0.3, 0.4) is 0 Å². The quantitative estimate of drug-likeness (QED) is 0.837. The topological polar surface area (TPSA) is 50.9 Å². The average Bonchev–Trinajstić information content (AvgIpc) is 2.22. The van der Waals surface area contributed by atoms with E-state index in [0.29, 0.717) is 12.1 Å². The number of rotatable bonds is 2. The van der Waals surface area contributed by atoms with Crippen LogP contribution in [0.2, 0.25) is 0 Å². The molecule has 1 aromatic heterocycles. The molecule has 2 rings (SSSR count). The minimum atomic E-state index is 0. The number of anilines is 1. The van der Waals surface area contributed by atoms with Crippen LogP contribution in [0.15, 0.2) is 18.3 Å². The van der Waals surface area contributed by atoms with Crippen molar-refractivity contribution in [2.24, 2.45) is 5.73 Å². The highest BCUT2D eigenvalue weighted by Gasteiger charge is 2.18. The van der Waals surface area contributed by atoms with Gasteiger partial charge in [-0.05, 0) is 50.3 Å². The zero-order valence-corrected chi connectivity index (χ0v) is 10.5. The fourth-order valence-electron chi connectivity index (χ4n) is 2.09. The molecule has 1 aromatic rings. The SMILES string of the molecule is Cc1ccnc(NC2CCC(N)CC2)c1.Cl. The van der Waals surface area contributed by atoms with Gasteiger partial charge in [-0.15, -0.1) is 12.4 Å². The molecule has 0 radical (unpaired) electrons. The third-order valence-corrected chi connectivity index (χ3v) is 3.04. The molecular weight excluding hydrogens is 222 g/mol. The number of aromatic nitrogens is 1. The van der Waals surface area contributed by atoms with E-state index in [2.05, 4.69) is 23.3 Å². The van der Waals surface area contributed by atoms with E-state index < -0.39 is 0 Å². The lowest BCUT2D eigenvalue weighted by Gasteiger charge is -2.27. The normalized spacial score (nSPS) is 24.6. The van der Waals surface area contributed by atoms with Crippen molar-refractivity contribution in [1.82, 2.24) is 4.98 Å². The molecule has 3 nitrogen and oxygen atoms in total. The summed E-state index contributed by atoms with van der Waals surface area (Å²) < 4.78 is 0. The van der Waals surface area contributed by atoms with Crippen LogP contribution in [0.5, 0.6) is 0 Å². The van der Waals surface area contributed by atoms with E-state index in [9.17, 15) is 0 Å². The predicted octanol–water partition coefficient (Wildman–Crippen LogP) is 2.49. The van der Waals surface area contributed by atoms with Crippen molar-refractivity contribution in [3.63, 3.8) is 0 Å². The van der Waals surface area contributed by atoms with Crippen molar-refractivity contribution in [2.75, 3.05) is 5.32 Å². The molecule has 0 aromatic carbocycles. The van der Waals surface area contributed by atoms with Crippen molar-refractivity contribution in [3.8, 4) is 0 Å². The highest BCUT2D eigenvalue weighted by molar-refractivity contribution is 5.85. The number of nitrogens with two attached hydrogens (primary N) is 1. The summed E-state index contributed by atoms with van der Waals surface area (Å²) in [5, 5.41) is 3.48. The van der Waals surface area contributed by atoms with Gasteiger partial charge in [-0.25, -0.2) is 4.98 Å². The molecule has 1 fully saturated rings. The maximum atomic E-state index is 5.87. The largest absolute Gasteiger partial charge is 0.367 e. The molecular formula is C12H20ClN3. The maximum Gasteiger partial charge on any atom is 0.126 e. The van der Waals surface area contributed by atoms with E-state index in [-0.39, 0.29) is 12.4 Å². The molecule has 0 unspecified atom stereocenters. The molecule has 1 heterocycles. The lowest BCUT2D eigenvalue weighted by molar-refractivity contribution is 0.410. The highest BCUT2D eigenvalue weighted by atomic mass is 35.5. The van der Waals surface area contributed by atoms with Crippen molar-refractivity contribution < 1.29 is 0 Å². The second-order valence-corrected chi connectivity index (χ2v) is 4.47. The molecule has 0 atom stereocenters. The molecule has 0 saturated heterocycles. The average molecular weight is 242 g/mol. The van der Waals surface area contributed by atoms with Gasteiger partial charge >= 0.3 is 0 Å². The van der Waals surface area contributed by atoms with E-state index in [4.69, 9.17) is 5.73 Å². The van der Waals surface area contributed by atoms with Crippen LogP contribution in [0.1, 0.15) is 31.2 Å². The van der Waals surface area contributed by atoms with Gasteiger partial charge in [0.05, 0.1) is 0 Å². The van der Waals surface area contributed by atoms with Crippen LogP contribution in [0, 0.1) is 6.92 Å². The molecule has 1 saturated carbocycles. The van der Waals surface area contributed by atoms with Crippen LogP contribution >= 0.6 is 12.4 Å². The number of aryl methyl sites for hydroxylation is 1. The Bertz CT molecular complexity index is 322. The Morgan fingerprint density at radius 2 is 2.00 bits per heavy atom. The van der Waals surface area contributed by atoms with Crippen molar-refractivity contribution >= 4 is 18.2 Å². The predicted molar refractivity (Wildman–Crippen MR) is 70.1 cm³/mol. The summed E-state index contributed by atoms with van der Waals surface area (Å²) in [6.07, 6.45) is 6.44. The minimum Gasteiger partial charge on any atom is -0.367 e. The first-order chi connectivity index (χ1) is 7.24. The van der Waals surface area contributed by atoms with Crippen LogP contribution in [0.25, 0.3) is 0 Å². The van der Waals surface area contributed by atoms with Crippen LogP contribution in [-0.4, -0.2) is 17.1 Å². The third kappa shape index (κ3) is 3.65. The minimum absolute atomic E-state index is 0. The molecule has 0 bridgehead atoms. The Morgan fingerprint density at radius 1 is 1.31 bits per heavy atom. The van der Waals surface area contributed by atoms with E-state index in [1.54, 1.807) is 0 Å². The smallest absolute Gasteiger partial charge is 0.126 e. The zero-order valence-electron chi connectivity index (χ0n) is 9.65. The van der Waals surface area contributed by atoms with E-state index in [0.717, 1.165) is 31.5 Å². The number of hydrogen-bond donors (Lipinski definition) is 2. The van der Waals surface area contributed by atoms with Gasteiger partial charge in [0.25, 0.3) is 0 Å². The molecule has 1 aliphatic carbocycles. The standard InChI is InChI=1S/C12H19N3.ClH/c1-9-6-7-14-12(8-9)15-11-4-2-10(13)3-5-11;/h6-8,10-11H,2-5,13H2,1H3,(H,14,15);1H. The number of nitrogens with one attached hydrogen (secondary N) is 1. The maximum absolute atomic E-state index is 5.87. The second kappa shape index (κ2) is 6.06. The first-order valence-corrected chi connectivity index (χ1v) is 5.69. The fourth-order valence-corrected chi connectivity index (χ4v) is 2.09.